The van der Waals surface area contributed by atoms with Crippen LogP contribution in [0.15, 0.2) is 48.7 Å². The van der Waals surface area contributed by atoms with Crippen molar-refractivity contribution in [3.05, 3.63) is 64.8 Å². The van der Waals surface area contributed by atoms with E-state index in [0.717, 1.165) is 54.2 Å². The van der Waals surface area contributed by atoms with Crippen LogP contribution in [0, 0.1) is 5.92 Å². The van der Waals surface area contributed by atoms with Gasteiger partial charge in [-0.2, -0.15) is 0 Å². The van der Waals surface area contributed by atoms with E-state index < -0.39 is 0 Å². The van der Waals surface area contributed by atoms with Gasteiger partial charge in [0.05, 0.1) is 7.11 Å². The fourth-order valence-corrected chi connectivity index (χ4v) is 5.09. The third-order valence-corrected chi connectivity index (χ3v) is 6.92. The number of fused-ring (bicyclic) bond motifs is 1. The van der Waals surface area contributed by atoms with Crippen molar-refractivity contribution in [2.75, 3.05) is 20.2 Å². The van der Waals surface area contributed by atoms with E-state index in [4.69, 9.17) is 16.3 Å². The molecule has 2 fully saturated rings. The van der Waals surface area contributed by atoms with E-state index >= 15 is 0 Å². The molecule has 0 spiro atoms. The Labute approximate surface area is 175 Å². The summed E-state index contributed by atoms with van der Waals surface area (Å²) in [5.41, 5.74) is 3.60. The number of nitrogens with one attached hydrogen (secondary N) is 1. The Balaban J connectivity index is 1.24. The van der Waals surface area contributed by atoms with Crippen molar-refractivity contribution in [1.29, 1.82) is 0 Å². The fourth-order valence-electron chi connectivity index (χ4n) is 4.82. The van der Waals surface area contributed by atoms with E-state index in [1.54, 1.807) is 7.11 Å². The topological polar surface area (TPSA) is 45.3 Å². The van der Waals surface area contributed by atoms with Gasteiger partial charge in [-0.25, -0.2) is 0 Å². The summed E-state index contributed by atoms with van der Waals surface area (Å²) in [5, 5.41) is 2.01. The van der Waals surface area contributed by atoms with Crippen LogP contribution in [-0.2, 0) is 4.79 Å². The average Bonchev–Trinajstić information content (AvgIpc) is 3.44. The molecule has 1 saturated carbocycles. The van der Waals surface area contributed by atoms with Crippen LogP contribution in [-0.4, -0.2) is 36.0 Å². The number of carbonyl (C=O) groups is 1. The van der Waals surface area contributed by atoms with Crippen LogP contribution in [0.3, 0.4) is 0 Å². The van der Waals surface area contributed by atoms with Gasteiger partial charge in [0.25, 0.3) is 0 Å². The number of rotatable bonds is 4. The summed E-state index contributed by atoms with van der Waals surface area (Å²) in [6, 6.07) is 14.1. The van der Waals surface area contributed by atoms with Crippen molar-refractivity contribution in [1.82, 2.24) is 9.88 Å². The third-order valence-electron chi connectivity index (χ3n) is 6.58. The highest BCUT2D eigenvalue weighted by atomic mass is 35.5. The number of halogens is 1. The van der Waals surface area contributed by atoms with Crippen LogP contribution in [0.2, 0.25) is 5.02 Å². The number of hydrogen-bond acceptors (Lipinski definition) is 2. The number of hydrogen-bond donors (Lipinski definition) is 1. The van der Waals surface area contributed by atoms with Gasteiger partial charge in [0, 0.05) is 41.1 Å². The molecule has 3 aromatic rings. The van der Waals surface area contributed by atoms with Gasteiger partial charge in [0.2, 0.25) is 5.91 Å². The molecule has 5 heteroatoms. The second-order valence-electron chi connectivity index (χ2n) is 8.23. The van der Waals surface area contributed by atoms with E-state index in [2.05, 4.69) is 34.3 Å². The molecule has 1 aromatic heterocycles. The summed E-state index contributed by atoms with van der Waals surface area (Å²) in [5.74, 6) is 2.04. The molecule has 2 aliphatic rings. The molecule has 1 aliphatic carbocycles. The molecule has 1 N–H and O–H groups in total. The molecule has 2 atom stereocenters. The van der Waals surface area contributed by atoms with Gasteiger partial charge in [0.1, 0.15) is 5.75 Å². The molecule has 0 radical (unpaired) electrons. The molecule has 1 amide bonds. The quantitative estimate of drug-likeness (QED) is 0.633. The van der Waals surface area contributed by atoms with Gasteiger partial charge in [-0.1, -0.05) is 29.8 Å². The lowest BCUT2D eigenvalue weighted by Gasteiger charge is -2.32. The number of H-pyrrole nitrogens is 1. The first-order valence-electron chi connectivity index (χ1n) is 10.3. The summed E-state index contributed by atoms with van der Waals surface area (Å²) < 4.78 is 5.39. The Kier molecular flexibility index (Phi) is 4.75. The first-order chi connectivity index (χ1) is 14.2. The lowest BCUT2D eigenvalue weighted by molar-refractivity contribution is -0.133. The first-order valence-corrected chi connectivity index (χ1v) is 10.7. The van der Waals surface area contributed by atoms with E-state index in [-0.39, 0.29) is 11.8 Å². The summed E-state index contributed by atoms with van der Waals surface area (Å²) in [7, 11) is 1.70. The standard InChI is InChI=1S/C24H25ClN2O2/c1-29-16-6-7-23-19(12-16)21(14-26-23)15-8-10-27(11-9-15)24(28)20-13-18(20)17-4-2-3-5-22(17)25/h2-7,12,14-15,18,20,26H,8-11,13H2,1H3. The summed E-state index contributed by atoms with van der Waals surface area (Å²) in [6.07, 6.45) is 5.05. The van der Waals surface area contributed by atoms with E-state index in [0.29, 0.717) is 11.8 Å². The van der Waals surface area contributed by atoms with Crippen LogP contribution in [0.4, 0.5) is 0 Å². The van der Waals surface area contributed by atoms with Gasteiger partial charge in [0.15, 0.2) is 0 Å². The molecule has 150 valence electrons. The highest BCUT2D eigenvalue weighted by Crippen LogP contribution is 2.50. The smallest absolute Gasteiger partial charge is 0.226 e. The molecular formula is C24H25ClN2O2. The van der Waals surface area contributed by atoms with Crippen LogP contribution < -0.4 is 4.74 Å². The number of aromatic amines is 1. The van der Waals surface area contributed by atoms with Crippen molar-refractivity contribution >= 4 is 28.4 Å². The Morgan fingerprint density at radius 3 is 2.69 bits per heavy atom. The lowest BCUT2D eigenvalue weighted by Crippen LogP contribution is -2.39. The molecule has 1 aliphatic heterocycles. The number of benzene rings is 2. The Morgan fingerprint density at radius 2 is 1.93 bits per heavy atom. The molecule has 5 rings (SSSR count). The van der Waals surface area contributed by atoms with Gasteiger partial charge >= 0.3 is 0 Å². The number of nitrogens with zero attached hydrogens (tertiary/aromatic N) is 1. The fraction of sp³-hybridized carbons (Fsp3) is 0.375. The van der Waals surface area contributed by atoms with Gasteiger partial charge in [-0.05, 0) is 66.5 Å². The summed E-state index contributed by atoms with van der Waals surface area (Å²) in [6.45, 7) is 1.65. The van der Waals surface area contributed by atoms with E-state index in [9.17, 15) is 4.79 Å². The van der Waals surface area contributed by atoms with E-state index in [1.165, 1.54) is 10.9 Å². The predicted octanol–water partition coefficient (Wildman–Crippen LogP) is 5.34. The molecule has 29 heavy (non-hydrogen) atoms. The minimum Gasteiger partial charge on any atom is -0.497 e. The zero-order valence-corrected chi connectivity index (χ0v) is 17.3. The third kappa shape index (κ3) is 3.40. The predicted molar refractivity (Wildman–Crippen MR) is 116 cm³/mol. The van der Waals surface area contributed by atoms with Gasteiger partial charge in [-0.3, -0.25) is 4.79 Å². The zero-order valence-electron chi connectivity index (χ0n) is 16.5. The summed E-state index contributed by atoms with van der Waals surface area (Å²) in [4.78, 5) is 18.4. The molecular weight excluding hydrogens is 384 g/mol. The second-order valence-corrected chi connectivity index (χ2v) is 8.63. The molecule has 4 nitrogen and oxygen atoms in total. The van der Waals surface area contributed by atoms with Crippen LogP contribution in [0.5, 0.6) is 5.75 Å². The van der Waals surface area contributed by atoms with Crippen molar-refractivity contribution in [3.8, 4) is 5.75 Å². The Hall–Kier alpha value is -2.46. The average molecular weight is 409 g/mol. The second kappa shape index (κ2) is 7.42. The van der Waals surface area contributed by atoms with Crippen LogP contribution in [0.1, 0.15) is 42.2 Å². The van der Waals surface area contributed by atoms with Crippen molar-refractivity contribution < 1.29 is 9.53 Å². The minimum absolute atomic E-state index is 0.101. The number of amides is 1. The summed E-state index contributed by atoms with van der Waals surface area (Å²) >= 11 is 6.32. The van der Waals surface area contributed by atoms with Gasteiger partial charge in [-0.15, -0.1) is 0 Å². The number of piperidine rings is 1. The van der Waals surface area contributed by atoms with E-state index in [1.807, 2.05) is 24.3 Å². The number of methoxy groups -OCH3 is 1. The number of carbonyl (C=O) groups excluding carboxylic acids is 1. The maximum Gasteiger partial charge on any atom is 0.226 e. The molecule has 0 bridgehead atoms. The SMILES string of the molecule is COc1ccc2[nH]cc(C3CCN(C(=O)C4CC4c4ccccc4Cl)CC3)c2c1. The highest BCUT2D eigenvalue weighted by Gasteiger charge is 2.46. The number of aromatic nitrogens is 1. The first kappa shape index (κ1) is 18.6. The normalized spacial score (nSPS) is 22.1. The number of likely N-dealkylation sites (tertiary alicyclic amines) is 1. The van der Waals surface area contributed by atoms with Crippen LogP contribution in [0.25, 0.3) is 10.9 Å². The monoisotopic (exact) mass is 408 g/mol. The largest absolute Gasteiger partial charge is 0.497 e. The van der Waals surface area contributed by atoms with Gasteiger partial charge < -0.3 is 14.6 Å². The van der Waals surface area contributed by atoms with Crippen LogP contribution >= 0.6 is 11.6 Å². The van der Waals surface area contributed by atoms with Crippen molar-refractivity contribution in [3.63, 3.8) is 0 Å². The van der Waals surface area contributed by atoms with Crippen molar-refractivity contribution in [2.24, 2.45) is 5.92 Å². The molecule has 2 heterocycles. The lowest BCUT2D eigenvalue weighted by atomic mass is 9.89. The molecule has 2 aromatic carbocycles. The molecule has 2 unspecified atom stereocenters. The highest BCUT2D eigenvalue weighted by molar-refractivity contribution is 6.31. The minimum atomic E-state index is 0.101. The molecule has 1 saturated heterocycles. The maximum atomic E-state index is 13.0. The number of ether oxygens (including phenoxy) is 1. The zero-order chi connectivity index (χ0) is 20.0. The Bertz CT molecular complexity index is 1050. The van der Waals surface area contributed by atoms with Crippen molar-refractivity contribution in [2.45, 2.75) is 31.1 Å². The maximum absolute atomic E-state index is 13.0. The Morgan fingerprint density at radius 1 is 1.14 bits per heavy atom.